The smallest absolute Gasteiger partial charge is 0.220 e. The summed E-state index contributed by atoms with van der Waals surface area (Å²) in [7, 11) is 0. The van der Waals surface area contributed by atoms with Crippen LogP contribution in [0.15, 0.2) is 24.3 Å². The molecule has 4 heteroatoms. The Labute approximate surface area is 132 Å². The first-order valence-electron chi connectivity index (χ1n) is 7.79. The summed E-state index contributed by atoms with van der Waals surface area (Å²) in [6.45, 7) is 7.19. The maximum Gasteiger partial charge on any atom is 0.220 e. The highest BCUT2D eigenvalue weighted by Gasteiger charge is 2.20. The summed E-state index contributed by atoms with van der Waals surface area (Å²) in [4.78, 5) is 14.2. The lowest BCUT2D eigenvalue weighted by atomic mass is 10.0. The van der Waals surface area contributed by atoms with Gasteiger partial charge in [-0.15, -0.1) is 0 Å². The standard InChI is InChI=1S/C17H25ClN2O/c1-13(2)11-17(21)19-16-7-9-20(10-8-16)12-14-3-5-15(18)6-4-14/h3-6,13,16H,7-12H2,1-2H3,(H,19,21). The third kappa shape index (κ3) is 5.68. The average molecular weight is 309 g/mol. The largest absolute Gasteiger partial charge is 0.353 e. The molecule has 1 aromatic rings. The van der Waals surface area contributed by atoms with Crippen molar-refractivity contribution in [2.24, 2.45) is 5.92 Å². The van der Waals surface area contributed by atoms with Crippen molar-refractivity contribution in [1.29, 1.82) is 0 Å². The first-order chi connectivity index (χ1) is 10.0. The minimum absolute atomic E-state index is 0.196. The SMILES string of the molecule is CC(C)CC(=O)NC1CCN(Cc2ccc(Cl)cc2)CC1. The van der Waals surface area contributed by atoms with Crippen LogP contribution in [0.5, 0.6) is 0 Å². The summed E-state index contributed by atoms with van der Waals surface area (Å²) in [5.41, 5.74) is 1.29. The van der Waals surface area contributed by atoms with Gasteiger partial charge in [-0.2, -0.15) is 0 Å². The Bertz CT molecular complexity index is 450. The molecule has 1 aromatic carbocycles. The highest BCUT2D eigenvalue weighted by Crippen LogP contribution is 2.16. The van der Waals surface area contributed by atoms with Crippen molar-refractivity contribution in [3.63, 3.8) is 0 Å². The highest BCUT2D eigenvalue weighted by atomic mass is 35.5. The Morgan fingerprint density at radius 3 is 2.48 bits per heavy atom. The number of hydrogen-bond acceptors (Lipinski definition) is 2. The normalized spacial score (nSPS) is 17.1. The van der Waals surface area contributed by atoms with Crippen molar-refractivity contribution in [1.82, 2.24) is 10.2 Å². The second kappa shape index (κ2) is 7.81. The Morgan fingerprint density at radius 1 is 1.29 bits per heavy atom. The fourth-order valence-corrected chi connectivity index (χ4v) is 2.87. The number of carbonyl (C=O) groups is 1. The van der Waals surface area contributed by atoms with Gasteiger partial charge in [0.2, 0.25) is 5.91 Å². The molecule has 21 heavy (non-hydrogen) atoms. The Balaban J connectivity index is 1.73. The summed E-state index contributed by atoms with van der Waals surface area (Å²) in [6, 6.07) is 8.39. The summed E-state index contributed by atoms with van der Waals surface area (Å²) < 4.78 is 0. The van der Waals surface area contributed by atoms with Crippen molar-refractivity contribution in [2.75, 3.05) is 13.1 Å². The zero-order valence-corrected chi connectivity index (χ0v) is 13.7. The number of piperidine rings is 1. The predicted molar refractivity (Wildman–Crippen MR) is 87.3 cm³/mol. The first-order valence-corrected chi connectivity index (χ1v) is 8.17. The van der Waals surface area contributed by atoms with Crippen molar-refractivity contribution >= 4 is 17.5 Å². The molecule has 116 valence electrons. The van der Waals surface area contributed by atoms with Gasteiger partial charge < -0.3 is 5.32 Å². The van der Waals surface area contributed by atoms with Gasteiger partial charge in [-0.25, -0.2) is 0 Å². The lowest BCUT2D eigenvalue weighted by Crippen LogP contribution is -2.44. The number of halogens is 1. The van der Waals surface area contributed by atoms with Crippen LogP contribution in [-0.4, -0.2) is 29.9 Å². The zero-order valence-electron chi connectivity index (χ0n) is 12.9. The van der Waals surface area contributed by atoms with E-state index in [-0.39, 0.29) is 5.91 Å². The van der Waals surface area contributed by atoms with Crippen LogP contribution < -0.4 is 5.32 Å². The number of carbonyl (C=O) groups excluding carboxylic acids is 1. The van der Waals surface area contributed by atoms with Gasteiger partial charge in [0.25, 0.3) is 0 Å². The van der Waals surface area contributed by atoms with E-state index in [1.165, 1.54) is 5.56 Å². The van der Waals surface area contributed by atoms with Crippen molar-refractivity contribution < 1.29 is 4.79 Å². The number of amides is 1. The van der Waals surface area contributed by atoms with E-state index in [4.69, 9.17) is 11.6 Å². The molecule has 0 aliphatic carbocycles. The predicted octanol–water partition coefficient (Wildman–Crippen LogP) is 3.47. The molecule has 1 saturated heterocycles. The molecule has 1 N–H and O–H groups in total. The summed E-state index contributed by atoms with van der Waals surface area (Å²) >= 11 is 5.90. The van der Waals surface area contributed by atoms with Crippen LogP contribution in [-0.2, 0) is 11.3 Å². The molecule has 0 unspecified atom stereocenters. The summed E-state index contributed by atoms with van der Waals surface area (Å²) in [5.74, 6) is 0.621. The van der Waals surface area contributed by atoms with Gasteiger partial charge in [0.05, 0.1) is 0 Å². The molecule has 0 atom stereocenters. The van der Waals surface area contributed by atoms with E-state index in [0.717, 1.165) is 37.5 Å². The van der Waals surface area contributed by atoms with Crippen LogP contribution in [0.3, 0.4) is 0 Å². The van der Waals surface area contributed by atoms with Gasteiger partial charge in [-0.3, -0.25) is 9.69 Å². The first kappa shape index (κ1) is 16.3. The van der Waals surface area contributed by atoms with Crippen LogP contribution in [0.2, 0.25) is 5.02 Å². The lowest BCUT2D eigenvalue weighted by Gasteiger charge is -2.32. The number of benzene rings is 1. The molecule has 0 bridgehead atoms. The molecule has 1 fully saturated rings. The van der Waals surface area contributed by atoms with Gasteiger partial charge in [0, 0.05) is 37.1 Å². The van der Waals surface area contributed by atoms with E-state index in [2.05, 4.69) is 36.2 Å². The number of likely N-dealkylation sites (tertiary alicyclic amines) is 1. The van der Waals surface area contributed by atoms with Crippen LogP contribution in [0.4, 0.5) is 0 Å². The van der Waals surface area contributed by atoms with Gasteiger partial charge in [0.1, 0.15) is 0 Å². The zero-order chi connectivity index (χ0) is 15.2. The molecule has 0 radical (unpaired) electrons. The second-order valence-corrected chi connectivity index (χ2v) is 6.78. The molecule has 1 aliphatic heterocycles. The van der Waals surface area contributed by atoms with E-state index in [0.29, 0.717) is 18.4 Å². The molecule has 3 nitrogen and oxygen atoms in total. The van der Waals surface area contributed by atoms with E-state index in [9.17, 15) is 4.79 Å². The fourth-order valence-electron chi connectivity index (χ4n) is 2.74. The number of nitrogens with zero attached hydrogens (tertiary/aromatic N) is 1. The third-order valence-electron chi connectivity index (χ3n) is 3.87. The Hall–Kier alpha value is -1.06. The van der Waals surface area contributed by atoms with Crippen molar-refractivity contribution in [3.8, 4) is 0 Å². The van der Waals surface area contributed by atoms with Gasteiger partial charge in [-0.05, 0) is 36.5 Å². The molecule has 0 aromatic heterocycles. The number of hydrogen-bond donors (Lipinski definition) is 1. The topological polar surface area (TPSA) is 32.3 Å². The number of rotatable bonds is 5. The number of nitrogens with one attached hydrogen (secondary N) is 1. The molecule has 1 aliphatic rings. The van der Waals surface area contributed by atoms with Gasteiger partial charge in [-0.1, -0.05) is 37.6 Å². The molecular weight excluding hydrogens is 284 g/mol. The van der Waals surface area contributed by atoms with E-state index in [1.807, 2.05) is 12.1 Å². The maximum absolute atomic E-state index is 11.8. The summed E-state index contributed by atoms with van der Waals surface area (Å²) in [5, 5.41) is 3.94. The molecular formula is C17H25ClN2O. The molecule has 0 spiro atoms. The van der Waals surface area contributed by atoms with Crippen LogP contribution in [0.1, 0.15) is 38.7 Å². The summed E-state index contributed by atoms with van der Waals surface area (Å²) in [6.07, 6.45) is 2.71. The molecule has 1 amide bonds. The fraction of sp³-hybridized carbons (Fsp3) is 0.588. The minimum Gasteiger partial charge on any atom is -0.353 e. The van der Waals surface area contributed by atoms with Crippen LogP contribution in [0.25, 0.3) is 0 Å². The monoisotopic (exact) mass is 308 g/mol. The van der Waals surface area contributed by atoms with Crippen LogP contribution in [0, 0.1) is 5.92 Å². The second-order valence-electron chi connectivity index (χ2n) is 6.34. The third-order valence-corrected chi connectivity index (χ3v) is 4.12. The maximum atomic E-state index is 11.8. The molecule has 2 rings (SSSR count). The molecule has 0 saturated carbocycles. The Morgan fingerprint density at radius 2 is 1.90 bits per heavy atom. The van der Waals surface area contributed by atoms with Crippen LogP contribution >= 0.6 is 11.6 Å². The average Bonchev–Trinajstić information content (AvgIpc) is 2.42. The van der Waals surface area contributed by atoms with Crippen molar-refractivity contribution in [3.05, 3.63) is 34.9 Å². The van der Waals surface area contributed by atoms with Gasteiger partial charge >= 0.3 is 0 Å². The lowest BCUT2D eigenvalue weighted by molar-refractivity contribution is -0.122. The van der Waals surface area contributed by atoms with E-state index >= 15 is 0 Å². The molecule has 1 heterocycles. The van der Waals surface area contributed by atoms with Gasteiger partial charge in [0.15, 0.2) is 0 Å². The highest BCUT2D eigenvalue weighted by molar-refractivity contribution is 6.30. The Kier molecular flexibility index (Phi) is 6.07. The minimum atomic E-state index is 0.196. The van der Waals surface area contributed by atoms with Crippen molar-refractivity contribution in [2.45, 2.75) is 45.7 Å². The van der Waals surface area contributed by atoms with E-state index < -0.39 is 0 Å². The quantitative estimate of drug-likeness (QED) is 0.903. The van der Waals surface area contributed by atoms with E-state index in [1.54, 1.807) is 0 Å².